The second-order valence-corrected chi connectivity index (χ2v) is 9.90. The summed E-state index contributed by atoms with van der Waals surface area (Å²) in [5.41, 5.74) is -0.567. The van der Waals surface area contributed by atoms with Crippen molar-refractivity contribution in [2.75, 3.05) is 25.2 Å². The molecule has 1 aromatic rings. The predicted octanol–water partition coefficient (Wildman–Crippen LogP) is 3.17. The van der Waals surface area contributed by atoms with Crippen molar-refractivity contribution in [3.05, 3.63) is 30.3 Å². The molecule has 168 valence electrons. The Labute approximate surface area is 181 Å². The summed E-state index contributed by atoms with van der Waals surface area (Å²) in [6.07, 6.45) is 2.14. The quantitative estimate of drug-likeness (QED) is 0.359. The van der Waals surface area contributed by atoms with Gasteiger partial charge < -0.3 is 25.2 Å². The molecule has 1 rings (SSSR count). The van der Waals surface area contributed by atoms with Crippen molar-refractivity contribution in [3.63, 3.8) is 0 Å². The van der Waals surface area contributed by atoms with Crippen LogP contribution in [0.25, 0.3) is 0 Å². The third-order valence-electron chi connectivity index (χ3n) is 3.95. The molecule has 3 N–H and O–H groups in total. The fraction of sp³-hybridized carbons (Fsp3) is 0.571. The average Bonchev–Trinajstić information content (AvgIpc) is 2.65. The van der Waals surface area contributed by atoms with Gasteiger partial charge in [-0.3, -0.25) is 0 Å². The highest BCUT2D eigenvalue weighted by atomic mass is 32.2. The third-order valence-corrected chi connectivity index (χ3v) is 5.80. The molecule has 0 saturated heterocycles. The number of hydrogen-bond acceptors (Lipinski definition) is 5. The van der Waals surface area contributed by atoms with Gasteiger partial charge in [0.15, 0.2) is 4.90 Å². The first-order valence-corrected chi connectivity index (χ1v) is 11.7. The number of amides is 2. The molecule has 0 aromatic heterocycles. The molecule has 0 bridgehead atoms. The Hall–Kier alpha value is -2.42. The third kappa shape index (κ3) is 11.5. The van der Waals surface area contributed by atoms with Crippen LogP contribution in [0.1, 0.15) is 40.0 Å². The number of alkyl carbamates (subject to hydrolysis) is 2. The van der Waals surface area contributed by atoms with E-state index in [1.807, 2.05) is 30.3 Å². The molecule has 1 unspecified atom stereocenters. The number of ether oxygens (including phenoxy) is 2. The topological polar surface area (TPSA) is 114 Å². The number of hydrogen-bond donors (Lipinski definition) is 3. The number of carbonyl (C=O) groups excluding carboxylic acids is 2. The van der Waals surface area contributed by atoms with Crippen LogP contribution >= 0.6 is 0 Å². The molecule has 8 nitrogen and oxygen atoms in total. The smallest absolute Gasteiger partial charge is 0.408 e. The number of carboxylic acids is 1. The molecule has 2 atom stereocenters. The van der Waals surface area contributed by atoms with Crippen LogP contribution < -0.4 is 10.6 Å². The van der Waals surface area contributed by atoms with Crippen LogP contribution in [-0.4, -0.2) is 60.1 Å². The molecule has 30 heavy (non-hydrogen) atoms. The van der Waals surface area contributed by atoms with Crippen LogP contribution in [-0.2, 0) is 25.2 Å². The van der Waals surface area contributed by atoms with Crippen molar-refractivity contribution in [1.29, 1.82) is 0 Å². The predicted molar refractivity (Wildman–Crippen MR) is 117 cm³/mol. The molecule has 0 aliphatic heterocycles. The summed E-state index contributed by atoms with van der Waals surface area (Å²) < 4.78 is 10.3. The van der Waals surface area contributed by atoms with E-state index < -0.39 is 29.8 Å². The minimum absolute atomic E-state index is 0.0552. The Morgan fingerprint density at radius 1 is 1.10 bits per heavy atom. The van der Waals surface area contributed by atoms with Gasteiger partial charge in [-0.25, -0.2) is 14.4 Å². The molecule has 0 spiro atoms. The lowest BCUT2D eigenvalue weighted by atomic mass is 10.1. The van der Waals surface area contributed by atoms with E-state index in [4.69, 9.17) is 9.47 Å². The standard InChI is InChI=1S/C21H32N2O6S/c1-21(2,3)29-19(26)22-13-9-8-12-17(18(24)25)23-20(27)28-14-15-30(4)16-10-6-5-7-11-16/h5-7,10-11,17H,8-9,12-15H2,1-4H3,(H2-,22,23,24,25,26,27)/p+1/t17-,30?/m0/s1. The van der Waals surface area contributed by atoms with E-state index in [-0.39, 0.29) is 23.9 Å². The van der Waals surface area contributed by atoms with E-state index in [1.54, 1.807) is 20.8 Å². The summed E-state index contributed by atoms with van der Waals surface area (Å²) in [4.78, 5) is 36.0. The van der Waals surface area contributed by atoms with Gasteiger partial charge in [0.25, 0.3) is 0 Å². The monoisotopic (exact) mass is 441 g/mol. The van der Waals surface area contributed by atoms with Crippen molar-refractivity contribution in [3.8, 4) is 0 Å². The zero-order valence-electron chi connectivity index (χ0n) is 18.1. The Balaban J connectivity index is 2.25. The first-order chi connectivity index (χ1) is 14.1. The Morgan fingerprint density at radius 2 is 1.77 bits per heavy atom. The molecule has 0 radical (unpaired) electrons. The van der Waals surface area contributed by atoms with E-state index in [1.165, 1.54) is 4.90 Å². The van der Waals surface area contributed by atoms with Crippen LogP contribution in [0.5, 0.6) is 0 Å². The molecule has 0 aliphatic carbocycles. The van der Waals surface area contributed by atoms with E-state index in [9.17, 15) is 19.5 Å². The van der Waals surface area contributed by atoms with Crippen molar-refractivity contribution >= 4 is 29.1 Å². The van der Waals surface area contributed by atoms with Gasteiger partial charge in [0.05, 0.1) is 0 Å². The number of nitrogens with one attached hydrogen (secondary N) is 2. The minimum atomic E-state index is -1.12. The molecule has 2 amide bonds. The van der Waals surface area contributed by atoms with Gasteiger partial charge in [-0.05, 0) is 52.2 Å². The van der Waals surface area contributed by atoms with Gasteiger partial charge in [0, 0.05) is 17.4 Å². The van der Waals surface area contributed by atoms with E-state index >= 15 is 0 Å². The van der Waals surface area contributed by atoms with E-state index in [0.29, 0.717) is 25.1 Å². The average molecular weight is 442 g/mol. The summed E-state index contributed by atoms with van der Waals surface area (Å²) in [5.74, 6) is -0.447. The van der Waals surface area contributed by atoms with Gasteiger partial charge in [0.1, 0.15) is 30.3 Å². The van der Waals surface area contributed by atoms with Crippen molar-refractivity contribution in [1.82, 2.24) is 10.6 Å². The van der Waals surface area contributed by atoms with Gasteiger partial charge in [0.2, 0.25) is 0 Å². The normalized spacial score (nSPS) is 13.1. The summed E-state index contributed by atoms with van der Waals surface area (Å²) in [5, 5.41) is 14.3. The second-order valence-electron chi connectivity index (χ2n) is 7.75. The van der Waals surface area contributed by atoms with Crippen LogP contribution in [0.4, 0.5) is 9.59 Å². The lowest BCUT2D eigenvalue weighted by molar-refractivity contribution is -0.139. The maximum absolute atomic E-state index is 11.9. The molecule has 9 heteroatoms. The number of rotatable bonds is 11. The van der Waals surface area contributed by atoms with Crippen molar-refractivity contribution < 1.29 is 29.0 Å². The zero-order chi connectivity index (χ0) is 22.6. The summed E-state index contributed by atoms with van der Waals surface area (Å²) in [7, 11) is -0.0552. The largest absolute Gasteiger partial charge is 0.480 e. The Bertz CT molecular complexity index is 678. The summed E-state index contributed by atoms with van der Waals surface area (Å²) >= 11 is 0. The highest BCUT2D eigenvalue weighted by Gasteiger charge is 2.22. The number of carbonyl (C=O) groups is 3. The van der Waals surface area contributed by atoms with Crippen molar-refractivity contribution in [2.45, 2.75) is 56.6 Å². The zero-order valence-corrected chi connectivity index (χ0v) is 18.9. The van der Waals surface area contributed by atoms with Crippen LogP contribution in [0.2, 0.25) is 0 Å². The molecule has 0 saturated carbocycles. The van der Waals surface area contributed by atoms with Gasteiger partial charge in [-0.15, -0.1) is 0 Å². The molecule has 0 fully saturated rings. The molecule has 1 aromatic carbocycles. The lowest BCUT2D eigenvalue weighted by Crippen LogP contribution is -2.41. The Morgan fingerprint density at radius 3 is 2.37 bits per heavy atom. The maximum Gasteiger partial charge on any atom is 0.408 e. The van der Waals surface area contributed by atoms with Crippen LogP contribution in [0.3, 0.4) is 0 Å². The highest BCUT2D eigenvalue weighted by Crippen LogP contribution is 2.10. The first-order valence-electron chi connectivity index (χ1n) is 9.89. The van der Waals surface area contributed by atoms with E-state index in [2.05, 4.69) is 16.9 Å². The van der Waals surface area contributed by atoms with Crippen molar-refractivity contribution in [2.24, 2.45) is 0 Å². The number of unbranched alkanes of at least 4 members (excludes halogenated alkanes) is 1. The second kappa shape index (κ2) is 13.0. The maximum atomic E-state index is 11.9. The SMILES string of the molecule is C[S+](CCOC(=O)N[C@@H](CCCCNC(=O)OC(C)(C)C)C(=O)O)c1ccccc1. The summed E-state index contributed by atoms with van der Waals surface area (Å²) in [6.45, 7) is 5.91. The number of carboxylic acid groups (broad SMARTS) is 1. The molecule has 0 heterocycles. The summed E-state index contributed by atoms with van der Waals surface area (Å²) in [6, 6.07) is 8.90. The fourth-order valence-corrected chi connectivity index (χ4v) is 3.64. The van der Waals surface area contributed by atoms with Gasteiger partial charge in [-0.1, -0.05) is 18.2 Å². The van der Waals surface area contributed by atoms with E-state index in [0.717, 1.165) is 0 Å². The number of aliphatic carboxylic acids is 1. The van der Waals surface area contributed by atoms with Gasteiger partial charge in [-0.2, -0.15) is 0 Å². The number of benzene rings is 1. The van der Waals surface area contributed by atoms with Gasteiger partial charge >= 0.3 is 18.2 Å². The van der Waals surface area contributed by atoms with Crippen LogP contribution in [0.15, 0.2) is 35.2 Å². The van der Waals surface area contributed by atoms with Crippen LogP contribution in [0, 0.1) is 0 Å². The minimum Gasteiger partial charge on any atom is -0.480 e. The fourth-order valence-electron chi connectivity index (χ4n) is 2.45. The Kier molecular flexibility index (Phi) is 11.1. The first kappa shape index (κ1) is 25.6. The molecular weight excluding hydrogens is 408 g/mol. The molecule has 0 aliphatic rings. The lowest BCUT2D eigenvalue weighted by Gasteiger charge is -2.19. The molecular formula is C21H33N2O6S+. The highest BCUT2D eigenvalue weighted by molar-refractivity contribution is 7.96.